The fourth-order valence-electron chi connectivity index (χ4n) is 5.95. The summed E-state index contributed by atoms with van der Waals surface area (Å²) in [6.45, 7) is 8.06. The standard InChI is InChI=1S/C35H31FN4O4S/c1-3-31(41)39-13-14-40-28(22(39)2)21-27(38-40)34-32-24-11-10-23(36)20-30(24)44-18-17-42-15-6-7-16-43-29-9-5-4-8-25(29)33(37-34)26-12-19-45-35(26)32/h3-12,19-22H,1,13-18H2,2H3/b7-6+. The third-order valence-corrected chi connectivity index (χ3v) is 9.06. The largest absolute Gasteiger partial charge is 0.490 e. The zero-order valence-corrected chi connectivity index (χ0v) is 25.6. The number of nitrogens with zero attached hydrogens (tertiary/aromatic N) is 4. The number of hydrogen-bond acceptors (Lipinski definition) is 7. The predicted octanol–water partition coefficient (Wildman–Crippen LogP) is 7.07. The van der Waals surface area contributed by atoms with Gasteiger partial charge in [0.05, 0.1) is 37.2 Å². The number of carbonyl (C=O) groups excluding carboxylic acids is 1. The van der Waals surface area contributed by atoms with Crippen molar-refractivity contribution in [2.75, 3.05) is 33.0 Å². The van der Waals surface area contributed by atoms with E-state index in [0.717, 1.165) is 32.6 Å². The molecule has 10 heteroatoms. The highest BCUT2D eigenvalue weighted by molar-refractivity contribution is 7.18. The predicted molar refractivity (Wildman–Crippen MR) is 173 cm³/mol. The minimum absolute atomic E-state index is 0.120. The summed E-state index contributed by atoms with van der Waals surface area (Å²) in [6.07, 6.45) is 5.17. The molecule has 0 aliphatic carbocycles. The number of carbonyl (C=O) groups is 1. The number of thiophene rings is 1. The number of fused-ring (bicyclic) bond motifs is 5. The summed E-state index contributed by atoms with van der Waals surface area (Å²) in [6, 6.07) is 16.3. The molecule has 0 saturated heterocycles. The van der Waals surface area contributed by atoms with Gasteiger partial charge in [0.1, 0.15) is 41.9 Å². The van der Waals surface area contributed by atoms with E-state index in [2.05, 4.69) is 12.6 Å². The van der Waals surface area contributed by atoms with Gasteiger partial charge < -0.3 is 19.1 Å². The summed E-state index contributed by atoms with van der Waals surface area (Å²) >= 11 is 1.58. The smallest absolute Gasteiger partial charge is 0.246 e. The van der Waals surface area contributed by atoms with Gasteiger partial charge in [0.2, 0.25) is 5.91 Å². The van der Waals surface area contributed by atoms with Gasteiger partial charge in [-0.15, -0.1) is 11.3 Å². The Balaban J connectivity index is 1.50. The van der Waals surface area contributed by atoms with Crippen LogP contribution in [0.25, 0.3) is 43.9 Å². The Bertz CT molecular complexity index is 1950. The number of amides is 1. The molecular formula is C35H31FN4O4S. The summed E-state index contributed by atoms with van der Waals surface area (Å²) in [7, 11) is 0. The van der Waals surface area contributed by atoms with Crippen molar-refractivity contribution in [3.63, 3.8) is 0 Å². The second-order valence-corrected chi connectivity index (χ2v) is 11.7. The zero-order chi connectivity index (χ0) is 30.9. The highest BCUT2D eigenvalue weighted by Gasteiger charge is 2.30. The minimum Gasteiger partial charge on any atom is -0.490 e. The van der Waals surface area contributed by atoms with Gasteiger partial charge in [-0.3, -0.25) is 9.48 Å². The highest BCUT2D eigenvalue weighted by atomic mass is 32.1. The van der Waals surface area contributed by atoms with Gasteiger partial charge in [0.15, 0.2) is 0 Å². The lowest BCUT2D eigenvalue weighted by atomic mass is 9.96. The monoisotopic (exact) mass is 622 g/mol. The topological polar surface area (TPSA) is 78.7 Å². The molecular weight excluding hydrogens is 591 g/mol. The molecule has 0 N–H and O–H groups in total. The van der Waals surface area contributed by atoms with E-state index >= 15 is 0 Å². The Morgan fingerprint density at radius 2 is 1.87 bits per heavy atom. The lowest BCUT2D eigenvalue weighted by molar-refractivity contribution is -0.129. The van der Waals surface area contributed by atoms with E-state index in [1.165, 1.54) is 18.2 Å². The average Bonchev–Trinajstić information content (AvgIpc) is 3.72. The highest BCUT2D eigenvalue weighted by Crippen LogP contribution is 2.47. The maximum atomic E-state index is 14.7. The number of hydrogen-bond donors (Lipinski definition) is 0. The van der Waals surface area contributed by atoms with E-state index in [4.69, 9.17) is 24.3 Å². The van der Waals surface area contributed by atoms with Crippen molar-refractivity contribution < 1.29 is 23.4 Å². The first-order valence-electron chi connectivity index (χ1n) is 14.8. The second kappa shape index (κ2) is 12.3. The SMILES string of the molecule is C=CC(=O)N1CCn2nc(-c3nc4c5ccsc5c3-c3ccc(F)cc3OCCOC/C=C/COc3ccccc3-4)cc2C1C. The van der Waals surface area contributed by atoms with Crippen LogP contribution < -0.4 is 9.47 Å². The lowest BCUT2D eigenvalue weighted by Gasteiger charge is -2.33. The first kappa shape index (κ1) is 28.9. The van der Waals surface area contributed by atoms with Gasteiger partial charge in [0.25, 0.3) is 0 Å². The van der Waals surface area contributed by atoms with Gasteiger partial charge in [-0.25, -0.2) is 9.37 Å². The number of ether oxygens (including phenoxy) is 3. The fraction of sp³-hybridized carbons (Fsp3) is 0.229. The molecule has 7 rings (SSSR count). The summed E-state index contributed by atoms with van der Waals surface area (Å²) in [5, 5.41) is 8.00. The van der Waals surface area contributed by atoms with Crippen LogP contribution in [0.3, 0.4) is 0 Å². The quantitative estimate of drug-likeness (QED) is 0.155. The molecule has 0 spiro atoms. The molecule has 5 heterocycles. The number of rotatable bonds is 2. The van der Waals surface area contributed by atoms with E-state index in [1.54, 1.807) is 22.3 Å². The third kappa shape index (κ3) is 5.40. The third-order valence-electron chi connectivity index (χ3n) is 8.12. The molecule has 0 fully saturated rings. The molecule has 8 nitrogen and oxygen atoms in total. The van der Waals surface area contributed by atoms with Crippen LogP contribution in [-0.2, 0) is 16.1 Å². The van der Waals surface area contributed by atoms with Gasteiger partial charge in [-0.05, 0) is 60.9 Å². The normalized spacial score (nSPS) is 17.4. The molecule has 2 aliphatic heterocycles. The van der Waals surface area contributed by atoms with E-state index in [9.17, 15) is 9.18 Å². The van der Waals surface area contributed by atoms with Crippen molar-refractivity contribution in [3.8, 4) is 45.3 Å². The van der Waals surface area contributed by atoms with Crippen LogP contribution in [0.1, 0.15) is 18.7 Å². The molecule has 2 aromatic carbocycles. The zero-order valence-electron chi connectivity index (χ0n) is 24.7. The first-order chi connectivity index (χ1) is 22.0. The summed E-state index contributed by atoms with van der Waals surface area (Å²) in [5.74, 6) is 0.576. The fourth-order valence-corrected chi connectivity index (χ4v) is 6.90. The van der Waals surface area contributed by atoms with Crippen LogP contribution in [0.15, 0.2) is 84.8 Å². The maximum absolute atomic E-state index is 14.7. The van der Waals surface area contributed by atoms with Gasteiger partial charge >= 0.3 is 0 Å². The summed E-state index contributed by atoms with van der Waals surface area (Å²) in [4.78, 5) is 19.7. The van der Waals surface area contributed by atoms with E-state index < -0.39 is 5.82 Å². The van der Waals surface area contributed by atoms with Crippen molar-refractivity contribution in [3.05, 3.63) is 96.3 Å². The molecule has 1 atom stereocenters. The molecule has 228 valence electrons. The van der Waals surface area contributed by atoms with Gasteiger partial charge in [-0.2, -0.15) is 5.10 Å². The lowest BCUT2D eigenvalue weighted by Crippen LogP contribution is -2.40. The Kier molecular flexibility index (Phi) is 7.91. The maximum Gasteiger partial charge on any atom is 0.246 e. The first-order valence-corrected chi connectivity index (χ1v) is 15.7. The van der Waals surface area contributed by atoms with Crippen molar-refractivity contribution in [1.82, 2.24) is 19.7 Å². The molecule has 1 unspecified atom stereocenters. The molecule has 0 radical (unpaired) electrons. The number of aromatic nitrogens is 3. The van der Waals surface area contributed by atoms with Crippen LogP contribution in [0, 0.1) is 5.82 Å². The minimum atomic E-state index is -0.401. The number of benzene rings is 2. The number of halogens is 1. The average molecular weight is 623 g/mol. The Morgan fingerprint density at radius 3 is 2.76 bits per heavy atom. The van der Waals surface area contributed by atoms with Crippen LogP contribution in [0.5, 0.6) is 11.5 Å². The van der Waals surface area contributed by atoms with Crippen LogP contribution in [-0.4, -0.2) is 58.5 Å². The van der Waals surface area contributed by atoms with Crippen LogP contribution in [0.4, 0.5) is 4.39 Å². The van der Waals surface area contributed by atoms with Crippen molar-refractivity contribution in [2.24, 2.45) is 0 Å². The van der Waals surface area contributed by atoms with E-state index in [0.29, 0.717) is 61.4 Å². The second-order valence-electron chi connectivity index (χ2n) is 10.8. The van der Waals surface area contributed by atoms with Crippen LogP contribution >= 0.6 is 11.3 Å². The van der Waals surface area contributed by atoms with E-state index in [-0.39, 0.29) is 18.6 Å². The Morgan fingerprint density at radius 1 is 1.00 bits per heavy atom. The number of para-hydroxylation sites is 1. The Labute approximate surface area is 264 Å². The number of pyridine rings is 1. The van der Waals surface area contributed by atoms with E-state index in [1.807, 2.05) is 59.5 Å². The molecule has 0 saturated carbocycles. The Hall–Kier alpha value is -4.80. The molecule has 45 heavy (non-hydrogen) atoms. The summed E-state index contributed by atoms with van der Waals surface area (Å²) in [5.41, 5.74) is 5.27. The van der Waals surface area contributed by atoms with Crippen molar-refractivity contribution in [2.45, 2.75) is 19.5 Å². The molecule has 3 aromatic heterocycles. The molecule has 5 aromatic rings. The molecule has 2 bridgehead atoms. The molecule has 1 amide bonds. The van der Waals surface area contributed by atoms with Crippen molar-refractivity contribution >= 4 is 27.3 Å². The summed E-state index contributed by atoms with van der Waals surface area (Å²) < 4.78 is 35.7. The van der Waals surface area contributed by atoms with Crippen molar-refractivity contribution in [1.29, 1.82) is 0 Å². The van der Waals surface area contributed by atoms with Gasteiger partial charge in [-0.1, -0.05) is 24.8 Å². The van der Waals surface area contributed by atoms with Gasteiger partial charge in [0, 0.05) is 39.4 Å². The molecule has 2 aliphatic rings. The van der Waals surface area contributed by atoms with Crippen LogP contribution in [0.2, 0.25) is 0 Å².